The van der Waals surface area contributed by atoms with Gasteiger partial charge in [-0.15, -0.1) is 0 Å². The second-order valence-corrected chi connectivity index (χ2v) is 4.44. The van der Waals surface area contributed by atoms with Crippen LogP contribution in [0.2, 0.25) is 0 Å². The summed E-state index contributed by atoms with van der Waals surface area (Å²) in [6.07, 6.45) is 5.45. The van der Waals surface area contributed by atoms with Gasteiger partial charge in [-0.1, -0.05) is 6.07 Å². The van der Waals surface area contributed by atoms with Crippen LogP contribution in [-0.4, -0.2) is 58.1 Å². The summed E-state index contributed by atoms with van der Waals surface area (Å²) in [4.78, 5) is 6.54. The molecule has 0 spiro atoms. The molecule has 1 unspecified atom stereocenters. The SMILES string of the molecule is CN1CCCC1c1cccnc1.OCC(O)CO. The molecule has 1 saturated heterocycles. The minimum atomic E-state index is -0.954. The van der Waals surface area contributed by atoms with Crippen molar-refractivity contribution < 1.29 is 15.3 Å². The lowest BCUT2D eigenvalue weighted by atomic mass is 10.1. The summed E-state index contributed by atoms with van der Waals surface area (Å²) in [5.41, 5.74) is 1.36. The van der Waals surface area contributed by atoms with Crippen LogP contribution in [0, 0.1) is 0 Å². The summed E-state index contributed by atoms with van der Waals surface area (Å²) in [5, 5.41) is 24.0. The van der Waals surface area contributed by atoms with Crippen LogP contribution in [0.15, 0.2) is 24.5 Å². The Hall–Kier alpha value is -1.01. The molecule has 2 heterocycles. The number of likely N-dealkylation sites (tertiary alicyclic amines) is 1. The van der Waals surface area contributed by atoms with E-state index in [4.69, 9.17) is 15.3 Å². The average Bonchev–Trinajstić information content (AvgIpc) is 2.86. The largest absolute Gasteiger partial charge is 0.394 e. The fraction of sp³-hybridized carbons (Fsp3) is 0.615. The summed E-state index contributed by atoms with van der Waals surface area (Å²) < 4.78 is 0. The number of rotatable bonds is 3. The van der Waals surface area contributed by atoms with Gasteiger partial charge in [0.05, 0.1) is 13.2 Å². The lowest BCUT2D eigenvalue weighted by Gasteiger charge is -2.18. The van der Waals surface area contributed by atoms with Gasteiger partial charge >= 0.3 is 0 Å². The number of aromatic nitrogens is 1. The molecule has 0 aromatic carbocycles. The van der Waals surface area contributed by atoms with Crippen LogP contribution in [0.1, 0.15) is 24.4 Å². The van der Waals surface area contributed by atoms with Crippen LogP contribution in [0.4, 0.5) is 0 Å². The second-order valence-electron chi connectivity index (χ2n) is 4.44. The van der Waals surface area contributed by atoms with E-state index < -0.39 is 6.10 Å². The highest BCUT2D eigenvalue weighted by Gasteiger charge is 2.21. The van der Waals surface area contributed by atoms with E-state index in [1.165, 1.54) is 24.9 Å². The van der Waals surface area contributed by atoms with Gasteiger partial charge in [0.15, 0.2) is 0 Å². The molecule has 0 bridgehead atoms. The smallest absolute Gasteiger partial charge is 0.100 e. The molecular formula is C13H22N2O3. The van der Waals surface area contributed by atoms with Gasteiger partial charge in [0.1, 0.15) is 6.10 Å². The lowest BCUT2D eigenvalue weighted by molar-refractivity contribution is 0.0450. The maximum absolute atomic E-state index is 8.17. The number of hydrogen-bond acceptors (Lipinski definition) is 5. The monoisotopic (exact) mass is 254 g/mol. The van der Waals surface area contributed by atoms with Crippen LogP contribution in [0.5, 0.6) is 0 Å². The molecule has 2 rings (SSSR count). The van der Waals surface area contributed by atoms with E-state index in [-0.39, 0.29) is 13.2 Å². The first-order chi connectivity index (χ1) is 8.69. The number of aliphatic hydroxyl groups is 3. The van der Waals surface area contributed by atoms with Gasteiger partial charge in [0.2, 0.25) is 0 Å². The Morgan fingerprint density at radius 2 is 2.17 bits per heavy atom. The quantitative estimate of drug-likeness (QED) is 0.717. The van der Waals surface area contributed by atoms with Crippen LogP contribution < -0.4 is 0 Å². The third-order valence-corrected chi connectivity index (χ3v) is 3.01. The number of pyridine rings is 1. The molecule has 5 nitrogen and oxygen atoms in total. The van der Waals surface area contributed by atoms with Crippen molar-refractivity contribution in [2.75, 3.05) is 26.8 Å². The van der Waals surface area contributed by atoms with Gasteiger partial charge in [0, 0.05) is 18.4 Å². The van der Waals surface area contributed by atoms with Gasteiger partial charge in [-0.05, 0) is 38.1 Å². The van der Waals surface area contributed by atoms with Gasteiger partial charge < -0.3 is 15.3 Å². The topological polar surface area (TPSA) is 76.8 Å². The van der Waals surface area contributed by atoms with E-state index in [2.05, 4.69) is 23.0 Å². The Kier molecular flexibility index (Phi) is 6.82. The molecular weight excluding hydrogens is 232 g/mol. The highest BCUT2D eigenvalue weighted by molar-refractivity contribution is 5.14. The number of nitrogens with zero attached hydrogens (tertiary/aromatic N) is 2. The molecule has 0 amide bonds. The molecule has 0 radical (unpaired) electrons. The fourth-order valence-corrected chi connectivity index (χ4v) is 1.96. The molecule has 1 aliphatic rings. The Morgan fingerprint density at radius 3 is 2.56 bits per heavy atom. The molecule has 1 aromatic rings. The third kappa shape index (κ3) is 4.70. The lowest BCUT2D eigenvalue weighted by Crippen LogP contribution is -2.17. The first kappa shape index (κ1) is 15.0. The third-order valence-electron chi connectivity index (χ3n) is 3.01. The van der Waals surface area contributed by atoms with Gasteiger partial charge in [-0.3, -0.25) is 9.88 Å². The maximum Gasteiger partial charge on any atom is 0.100 e. The molecule has 1 atom stereocenters. The standard InChI is InChI=1S/C10H14N2.C3H8O3/c1-12-7-3-5-10(12)9-4-2-6-11-8-9;4-1-3(6)2-5/h2,4,6,8,10H,3,5,7H2,1H3;3-6H,1-2H2. The molecule has 1 aromatic heterocycles. The van der Waals surface area contributed by atoms with E-state index in [1.54, 1.807) is 0 Å². The van der Waals surface area contributed by atoms with Gasteiger partial charge in [-0.25, -0.2) is 0 Å². The summed E-state index contributed by atoms with van der Waals surface area (Å²) in [7, 11) is 2.19. The van der Waals surface area contributed by atoms with Crippen LogP contribution >= 0.6 is 0 Å². The minimum Gasteiger partial charge on any atom is -0.394 e. The highest BCUT2D eigenvalue weighted by Crippen LogP contribution is 2.29. The average molecular weight is 254 g/mol. The molecule has 3 N–H and O–H groups in total. The van der Waals surface area contributed by atoms with E-state index in [0.29, 0.717) is 6.04 Å². The van der Waals surface area contributed by atoms with Crippen LogP contribution in [-0.2, 0) is 0 Å². The zero-order valence-electron chi connectivity index (χ0n) is 10.7. The predicted molar refractivity (Wildman–Crippen MR) is 69.0 cm³/mol. The van der Waals surface area contributed by atoms with Crippen LogP contribution in [0.3, 0.4) is 0 Å². The van der Waals surface area contributed by atoms with E-state index in [0.717, 1.165) is 0 Å². The van der Waals surface area contributed by atoms with E-state index >= 15 is 0 Å². The van der Waals surface area contributed by atoms with Gasteiger partial charge in [-0.2, -0.15) is 0 Å². The zero-order chi connectivity index (χ0) is 13.4. The zero-order valence-corrected chi connectivity index (χ0v) is 10.7. The molecule has 0 saturated carbocycles. The van der Waals surface area contributed by atoms with E-state index in [1.807, 2.05) is 18.5 Å². The minimum absolute atomic E-state index is 0.365. The summed E-state index contributed by atoms with van der Waals surface area (Å²) >= 11 is 0. The van der Waals surface area contributed by atoms with Crippen molar-refractivity contribution >= 4 is 0 Å². The van der Waals surface area contributed by atoms with Crippen molar-refractivity contribution in [3.63, 3.8) is 0 Å². The van der Waals surface area contributed by atoms with Crippen LogP contribution in [0.25, 0.3) is 0 Å². The summed E-state index contributed by atoms with van der Waals surface area (Å²) in [6, 6.07) is 4.79. The first-order valence-electron chi connectivity index (χ1n) is 6.19. The normalized spacial score (nSPS) is 19.7. The van der Waals surface area contributed by atoms with Crippen molar-refractivity contribution in [3.8, 4) is 0 Å². The number of aliphatic hydroxyl groups excluding tert-OH is 3. The first-order valence-corrected chi connectivity index (χ1v) is 6.19. The molecule has 0 aliphatic carbocycles. The van der Waals surface area contributed by atoms with Crippen molar-refractivity contribution in [1.82, 2.24) is 9.88 Å². The van der Waals surface area contributed by atoms with Gasteiger partial charge in [0.25, 0.3) is 0 Å². The fourth-order valence-electron chi connectivity index (χ4n) is 1.96. The molecule has 102 valence electrons. The van der Waals surface area contributed by atoms with Crippen molar-refractivity contribution in [1.29, 1.82) is 0 Å². The van der Waals surface area contributed by atoms with Crippen molar-refractivity contribution in [2.24, 2.45) is 0 Å². The molecule has 1 fully saturated rings. The second kappa shape index (κ2) is 8.16. The van der Waals surface area contributed by atoms with Crippen molar-refractivity contribution in [2.45, 2.75) is 25.0 Å². The predicted octanol–water partition coefficient (Wildman–Crippen LogP) is 0.180. The number of hydrogen-bond donors (Lipinski definition) is 3. The Labute approximate surface area is 108 Å². The van der Waals surface area contributed by atoms with E-state index in [9.17, 15) is 0 Å². The Balaban J connectivity index is 0.000000232. The molecule has 18 heavy (non-hydrogen) atoms. The molecule has 1 aliphatic heterocycles. The summed E-state index contributed by atoms with van der Waals surface area (Å²) in [5.74, 6) is 0. The Bertz CT molecular complexity index is 317. The Morgan fingerprint density at radius 1 is 1.44 bits per heavy atom. The summed E-state index contributed by atoms with van der Waals surface area (Å²) in [6.45, 7) is 0.493. The molecule has 5 heteroatoms. The highest BCUT2D eigenvalue weighted by atomic mass is 16.3. The maximum atomic E-state index is 8.17. The van der Waals surface area contributed by atoms with Crippen molar-refractivity contribution in [3.05, 3.63) is 30.1 Å².